The van der Waals surface area contributed by atoms with E-state index in [0.29, 0.717) is 22.4 Å². The van der Waals surface area contributed by atoms with Crippen molar-refractivity contribution in [3.8, 4) is 0 Å². The van der Waals surface area contributed by atoms with Gasteiger partial charge in [0.1, 0.15) is 11.9 Å². The van der Waals surface area contributed by atoms with Crippen LogP contribution in [0.25, 0.3) is 10.9 Å². The van der Waals surface area contributed by atoms with Crippen LogP contribution in [0.3, 0.4) is 0 Å². The van der Waals surface area contributed by atoms with Crippen LogP contribution in [0.4, 0.5) is 10.5 Å². The van der Waals surface area contributed by atoms with E-state index in [4.69, 9.17) is 0 Å². The van der Waals surface area contributed by atoms with Crippen LogP contribution in [-0.4, -0.2) is 27.4 Å². The van der Waals surface area contributed by atoms with E-state index in [-0.39, 0.29) is 36.9 Å². The summed E-state index contributed by atoms with van der Waals surface area (Å²) in [6.45, 7) is 7.81. The van der Waals surface area contributed by atoms with Gasteiger partial charge in [0, 0.05) is 18.7 Å². The van der Waals surface area contributed by atoms with Gasteiger partial charge < -0.3 is 10.6 Å². The molecule has 1 aliphatic rings. The number of piperidine rings is 1. The number of hydrogen-bond donors (Lipinski definition) is 3. The van der Waals surface area contributed by atoms with Gasteiger partial charge >= 0.3 is 6.03 Å². The number of carbonyl (C=O) groups is 3. The number of aromatic nitrogens is 2. The molecule has 0 saturated carbocycles. The van der Waals surface area contributed by atoms with Crippen molar-refractivity contribution in [3.05, 3.63) is 69.8 Å². The normalized spacial score (nSPS) is 15.2. The lowest BCUT2D eigenvalue weighted by molar-refractivity contribution is -0.135. The van der Waals surface area contributed by atoms with Gasteiger partial charge in [0.2, 0.25) is 11.8 Å². The first-order chi connectivity index (χ1) is 16.3. The Labute approximate surface area is 197 Å². The molecule has 4 amide bonds. The molecular formula is C25H29N5O4. The summed E-state index contributed by atoms with van der Waals surface area (Å²) in [5.74, 6) is -0.443. The van der Waals surface area contributed by atoms with E-state index in [1.54, 1.807) is 31.2 Å². The lowest BCUT2D eigenvalue weighted by Crippen LogP contribution is -2.45. The van der Waals surface area contributed by atoms with Crippen molar-refractivity contribution in [2.45, 2.75) is 53.1 Å². The van der Waals surface area contributed by atoms with Gasteiger partial charge in [-0.05, 0) is 55.7 Å². The zero-order valence-corrected chi connectivity index (χ0v) is 19.8. The molecule has 3 N–H and O–H groups in total. The maximum absolute atomic E-state index is 13.2. The van der Waals surface area contributed by atoms with Crippen LogP contribution >= 0.6 is 0 Å². The largest absolute Gasteiger partial charge is 0.334 e. The Morgan fingerprint density at radius 1 is 1.12 bits per heavy atom. The summed E-state index contributed by atoms with van der Waals surface area (Å²) in [5, 5.41) is 8.16. The molecule has 0 bridgehead atoms. The topological polar surface area (TPSA) is 122 Å². The van der Waals surface area contributed by atoms with Gasteiger partial charge in [-0.25, -0.2) is 9.78 Å². The Bertz CT molecular complexity index is 1300. The standard InChI is InChI=1S/C23H23N5O4.C2H6/c1-13-4-3-5-16(10-13)26-23(32)24-12-15-6-7-18-17(11-15)22(31)28(14(2)25-18)19-8-9-20(29)27-21(19)30;1-2/h3-7,10-11,19H,8-9,12H2,1-2H3,(H2,24,26,32)(H,27,29,30);1-2H3/t19-;/m1./s1. The van der Waals surface area contributed by atoms with E-state index in [9.17, 15) is 19.2 Å². The van der Waals surface area contributed by atoms with E-state index >= 15 is 0 Å². The van der Waals surface area contributed by atoms with Gasteiger partial charge in [-0.3, -0.25) is 24.3 Å². The first-order valence-corrected chi connectivity index (χ1v) is 11.3. The second-order valence-corrected chi connectivity index (χ2v) is 7.83. The molecule has 1 fully saturated rings. The number of carbonyl (C=O) groups excluding carboxylic acids is 3. The molecule has 9 heteroatoms. The molecule has 34 heavy (non-hydrogen) atoms. The average Bonchev–Trinajstić information content (AvgIpc) is 2.80. The number of imide groups is 1. The predicted molar refractivity (Wildman–Crippen MR) is 131 cm³/mol. The molecule has 0 radical (unpaired) electrons. The van der Waals surface area contributed by atoms with Crippen molar-refractivity contribution in [2.75, 3.05) is 5.32 Å². The van der Waals surface area contributed by atoms with Crippen LogP contribution in [0.5, 0.6) is 0 Å². The van der Waals surface area contributed by atoms with Crippen LogP contribution in [0.15, 0.2) is 47.3 Å². The second-order valence-electron chi connectivity index (χ2n) is 7.83. The number of benzene rings is 2. The monoisotopic (exact) mass is 463 g/mol. The van der Waals surface area contributed by atoms with Gasteiger partial charge in [-0.1, -0.05) is 32.0 Å². The van der Waals surface area contributed by atoms with Crippen molar-refractivity contribution in [2.24, 2.45) is 0 Å². The van der Waals surface area contributed by atoms with Crippen molar-refractivity contribution in [1.82, 2.24) is 20.2 Å². The number of hydrogen-bond acceptors (Lipinski definition) is 5. The molecule has 3 aromatic rings. The highest BCUT2D eigenvalue weighted by Crippen LogP contribution is 2.20. The summed E-state index contributed by atoms with van der Waals surface area (Å²) >= 11 is 0. The van der Waals surface area contributed by atoms with Crippen molar-refractivity contribution >= 4 is 34.4 Å². The summed E-state index contributed by atoms with van der Waals surface area (Å²) in [4.78, 5) is 53.6. The number of fused-ring (bicyclic) bond motifs is 1. The third-order valence-electron chi connectivity index (χ3n) is 5.39. The maximum Gasteiger partial charge on any atom is 0.319 e. The molecule has 0 spiro atoms. The van der Waals surface area contributed by atoms with E-state index in [0.717, 1.165) is 11.1 Å². The molecular weight excluding hydrogens is 434 g/mol. The smallest absolute Gasteiger partial charge is 0.319 e. The van der Waals surface area contributed by atoms with E-state index in [1.807, 2.05) is 39.0 Å². The number of aryl methyl sites for hydroxylation is 2. The Morgan fingerprint density at radius 3 is 2.59 bits per heavy atom. The molecule has 2 heterocycles. The highest BCUT2D eigenvalue weighted by molar-refractivity contribution is 5.99. The van der Waals surface area contributed by atoms with Gasteiger partial charge in [0.25, 0.3) is 5.56 Å². The van der Waals surface area contributed by atoms with Gasteiger partial charge in [0.05, 0.1) is 10.9 Å². The summed E-state index contributed by atoms with van der Waals surface area (Å²) < 4.78 is 1.34. The average molecular weight is 464 g/mol. The number of rotatable bonds is 4. The number of anilines is 1. The number of nitrogens with one attached hydrogen (secondary N) is 3. The van der Waals surface area contributed by atoms with Gasteiger partial charge in [-0.15, -0.1) is 0 Å². The summed E-state index contributed by atoms with van der Waals surface area (Å²) in [6.07, 6.45) is 0.416. The van der Waals surface area contributed by atoms with E-state index < -0.39 is 11.9 Å². The highest BCUT2D eigenvalue weighted by Gasteiger charge is 2.30. The molecule has 4 rings (SSSR count). The molecule has 0 aliphatic carbocycles. The van der Waals surface area contributed by atoms with Crippen molar-refractivity contribution < 1.29 is 14.4 Å². The van der Waals surface area contributed by atoms with E-state index in [2.05, 4.69) is 20.9 Å². The van der Waals surface area contributed by atoms with Gasteiger partial charge in [0.15, 0.2) is 0 Å². The van der Waals surface area contributed by atoms with Crippen molar-refractivity contribution in [3.63, 3.8) is 0 Å². The minimum Gasteiger partial charge on any atom is -0.334 e. The summed E-state index contributed by atoms with van der Waals surface area (Å²) in [5.41, 5.74) is 2.59. The lowest BCUT2D eigenvalue weighted by Gasteiger charge is -2.24. The second kappa shape index (κ2) is 10.7. The highest BCUT2D eigenvalue weighted by atomic mass is 16.2. The molecule has 1 atom stereocenters. The Balaban J connectivity index is 0.00000158. The zero-order valence-electron chi connectivity index (χ0n) is 19.8. The van der Waals surface area contributed by atoms with Crippen molar-refractivity contribution in [1.29, 1.82) is 0 Å². The molecule has 1 aliphatic heterocycles. The first kappa shape index (κ1) is 24.6. The fourth-order valence-corrected chi connectivity index (χ4v) is 3.84. The number of nitrogens with zero attached hydrogens (tertiary/aromatic N) is 2. The third kappa shape index (κ3) is 5.48. The van der Waals surface area contributed by atoms with Crippen LogP contribution in [0, 0.1) is 13.8 Å². The third-order valence-corrected chi connectivity index (χ3v) is 5.39. The molecule has 0 unspecified atom stereocenters. The minimum absolute atomic E-state index is 0.167. The number of urea groups is 1. The van der Waals surface area contributed by atoms with Crippen LogP contribution < -0.4 is 21.5 Å². The molecule has 2 aromatic carbocycles. The quantitative estimate of drug-likeness (QED) is 0.512. The summed E-state index contributed by atoms with van der Waals surface area (Å²) in [7, 11) is 0. The molecule has 178 valence electrons. The molecule has 1 aromatic heterocycles. The molecule has 9 nitrogen and oxygen atoms in total. The summed E-state index contributed by atoms with van der Waals surface area (Å²) in [6, 6.07) is 11.5. The lowest BCUT2D eigenvalue weighted by atomic mass is 10.0. The minimum atomic E-state index is -0.779. The van der Waals surface area contributed by atoms with Crippen LogP contribution in [0.1, 0.15) is 49.7 Å². The van der Waals surface area contributed by atoms with Crippen LogP contribution in [-0.2, 0) is 16.1 Å². The Kier molecular flexibility index (Phi) is 7.78. The SMILES string of the molecule is CC.Cc1cccc(NC(=O)NCc2ccc3nc(C)n([C@@H]4CCC(=O)NC4=O)c(=O)c3c2)c1. The van der Waals surface area contributed by atoms with Gasteiger partial charge in [-0.2, -0.15) is 0 Å². The number of amides is 4. The molecule has 1 saturated heterocycles. The van der Waals surface area contributed by atoms with Crippen LogP contribution in [0.2, 0.25) is 0 Å². The Morgan fingerprint density at radius 2 is 1.88 bits per heavy atom. The maximum atomic E-state index is 13.2. The Hall–Kier alpha value is -4.01. The zero-order chi connectivity index (χ0) is 24.8. The fraction of sp³-hybridized carbons (Fsp3) is 0.320. The fourth-order valence-electron chi connectivity index (χ4n) is 3.84. The first-order valence-electron chi connectivity index (χ1n) is 11.3. The predicted octanol–water partition coefficient (Wildman–Crippen LogP) is 3.34. The van der Waals surface area contributed by atoms with E-state index in [1.165, 1.54) is 4.57 Å².